The van der Waals surface area contributed by atoms with E-state index in [-0.39, 0.29) is 18.7 Å². The molecule has 0 aliphatic carbocycles. The second kappa shape index (κ2) is 6.45. The van der Waals surface area contributed by atoms with Gasteiger partial charge in [-0.25, -0.2) is 0 Å². The molecule has 0 saturated carbocycles. The first-order chi connectivity index (χ1) is 8.90. The highest BCUT2D eigenvalue weighted by molar-refractivity contribution is 5.87. The van der Waals surface area contributed by atoms with Crippen LogP contribution in [0.25, 0.3) is 0 Å². The van der Waals surface area contributed by atoms with Crippen molar-refractivity contribution in [3.8, 4) is 0 Å². The molecule has 1 rings (SSSR count). The molecule has 0 saturated heterocycles. The van der Waals surface area contributed by atoms with Crippen LogP contribution in [0.1, 0.15) is 12.0 Å². The lowest BCUT2D eigenvalue weighted by Crippen LogP contribution is -2.42. The van der Waals surface area contributed by atoms with E-state index in [0.29, 0.717) is 5.56 Å². The van der Waals surface area contributed by atoms with E-state index in [0.717, 1.165) is 0 Å². The number of non-ortho nitro benzene ring substituents is 1. The van der Waals surface area contributed by atoms with Gasteiger partial charge in [-0.2, -0.15) is 0 Å². The molecule has 0 heterocycles. The van der Waals surface area contributed by atoms with E-state index in [1.807, 2.05) is 0 Å². The number of primary amides is 1. The highest BCUT2D eigenvalue weighted by Crippen LogP contribution is 2.12. The normalized spacial score (nSPS) is 11.6. The summed E-state index contributed by atoms with van der Waals surface area (Å²) >= 11 is 0. The molecule has 1 atom stereocenters. The molecule has 0 unspecified atom stereocenters. The van der Waals surface area contributed by atoms with Gasteiger partial charge in [-0.1, -0.05) is 12.1 Å². The van der Waals surface area contributed by atoms with Gasteiger partial charge in [0.1, 0.15) is 0 Å². The second-order valence-electron chi connectivity index (χ2n) is 3.92. The SMILES string of the molecule is NC(=O)C[C@H](N)C(=O)NCc1cccc([N+](=O)[O-])c1. The Morgan fingerprint density at radius 2 is 2.11 bits per heavy atom. The van der Waals surface area contributed by atoms with Crippen LogP contribution in [0, 0.1) is 10.1 Å². The average molecular weight is 266 g/mol. The molecule has 1 aromatic carbocycles. The molecule has 5 N–H and O–H groups in total. The number of nitro benzene ring substituents is 1. The van der Waals surface area contributed by atoms with E-state index in [9.17, 15) is 19.7 Å². The van der Waals surface area contributed by atoms with Gasteiger partial charge in [0.25, 0.3) is 5.69 Å². The van der Waals surface area contributed by atoms with E-state index < -0.39 is 22.8 Å². The molecule has 102 valence electrons. The van der Waals surface area contributed by atoms with Crippen LogP contribution in [0.4, 0.5) is 5.69 Å². The van der Waals surface area contributed by atoms with Gasteiger partial charge in [0.05, 0.1) is 17.4 Å². The first-order valence-electron chi connectivity index (χ1n) is 5.45. The van der Waals surface area contributed by atoms with Crippen LogP contribution in [0.3, 0.4) is 0 Å². The maximum atomic E-state index is 11.5. The lowest BCUT2D eigenvalue weighted by molar-refractivity contribution is -0.384. The van der Waals surface area contributed by atoms with Crippen molar-refractivity contribution < 1.29 is 14.5 Å². The third kappa shape index (κ3) is 4.72. The lowest BCUT2D eigenvalue weighted by Gasteiger charge is -2.10. The molecule has 0 aromatic heterocycles. The number of nitrogens with zero attached hydrogens (tertiary/aromatic N) is 1. The van der Waals surface area contributed by atoms with Crippen molar-refractivity contribution in [3.63, 3.8) is 0 Å². The van der Waals surface area contributed by atoms with Gasteiger partial charge in [-0.3, -0.25) is 19.7 Å². The van der Waals surface area contributed by atoms with E-state index in [1.165, 1.54) is 18.2 Å². The summed E-state index contributed by atoms with van der Waals surface area (Å²) in [6.07, 6.45) is -0.249. The van der Waals surface area contributed by atoms with Gasteiger partial charge < -0.3 is 16.8 Å². The van der Waals surface area contributed by atoms with Crippen LogP contribution in [-0.4, -0.2) is 22.8 Å². The van der Waals surface area contributed by atoms with Gasteiger partial charge in [0.2, 0.25) is 11.8 Å². The van der Waals surface area contributed by atoms with Crippen LogP contribution < -0.4 is 16.8 Å². The van der Waals surface area contributed by atoms with E-state index in [4.69, 9.17) is 11.5 Å². The number of carbonyl (C=O) groups is 2. The fraction of sp³-hybridized carbons (Fsp3) is 0.273. The van der Waals surface area contributed by atoms with Crippen molar-refractivity contribution in [2.45, 2.75) is 19.0 Å². The standard InChI is InChI=1S/C11H14N4O4/c12-9(5-10(13)16)11(17)14-6-7-2-1-3-8(4-7)15(18)19/h1-4,9H,5-6,12H2,(H2,13,16)(H,14,17)/t9-/m0/s1. The maximum Gasteiger partial charge on any atom is 0.269 e. The van der Waals surface area contributed by atoms with Crippen molar-refractivity contribution in [1.82, 2.24) is 5.32 Å². The van der Waals surface area contributed by atoms with E-state index in [1.54, 1.807) is 6.07 Å². The first kappa shape index (κ1) is 14.6. The molecule has 1 aromatic rings. The lowest BCUT2D eigenvalue weighted by atomic mass is 10.1. The van der Waals surface area contributed by atoms with E-state index >= 15 is 0 Å². The number of amides is 2. The van der Waals surface area contributed by atoms with Crippen LogP contribution in [0.15, 0.2) is 24.3 Å². The second-order valence-corrected chi connectivity index (χ2v) is 3.92. The topological polar surface area (TPSA) is 141 Å². The molecular weight excluding hydrogens is 252 g/mol. The molecule has 0 bridgehead atoms. The zero-order valence-electron chi connectivity index (χ0n) is 10.0. The molecule has 8 nitrogen and oxygen atoms in total. The number of nitro groups is 1. The predicted octanol–water partition coefficient (Wildman–Crippen LogP) is -0.586. The number of nitrogens with two attached hydrogens (primary N) is 2. The summed E-state index contributed by atoms with van der Waals surface area (Å²) in [6, 6.07) is 4.83. The maximum absolute atomic E-state index is 11.5. The molecule has 8 heteroatoms. The van der Waals surface area contributed by atoms with Gasteiger partial charge >= 0.3 is 0 Å². The summed E-state index contributed by atoms with van der Waals surface area (Å²) in [7, 11) is 0. The van der Waals surface area contributed by atoms with Crippen LogP contribution >= 0.6 is 0 Å². The zero-order valence-corrected chi connectivity index (χ0v) is 10.0. The fourth-order valence-corrected chi connectivity index (χ4v) is 1.41. The monoisotopic (exact) mass is 266 g/mol. The molecular formula is C11H14N4O4. The first-order valence-corrected chi connectivity index (χ1v) is 5.45. The quantitative estimate of drug-likeness (QED) is 0.466. The minimum atomic E-state index is -1.02. The molecule has 0 aliphatic heterocycles. The molecule has 0 fully saturated rings. The van der Waals surface area contributed by atoms with E-state index in [2.05, 4.69) is 5.32 Å². The van der Waals surface area contributed by atoms with Gasteiger partial charge in [0, 0.05) is 18.7 Å². The molecule has 0 spiro atoms. The molecule has 0 aliphatic rings. The Bertz CT molecular complexity index is 503. The highest BCUT2D eigenvalue weighted by atomic mass is 16.6. The number of hydrogen-bond donors (Lipinski definition) is 3. The highest BCUT2D eigenvalue weighted by Gasteiger charge is 2.15. The molecule has 19 heavy (non-hydrogen) atoms. The van der Waals surface area contributed by atoms with Crippen molar-refractivity contribution in [2.75, 3.05) is 0 Å². The zero-order chi connectivity index (χ0) is 14.4. The Morgan fingerprint density at radius 3 is 2.68 bits per heavy atom. The number of benzene rings is 1. The Balaban J connectivity index is 2.57. The third-order valence-electron chi connectivity index (χ3n) is 2.35. The van der Waals surface area contributed by atoms with Gasteiger partial charge in [-0.05, 0) is 5.56 Å². The summed E-state index contributed by atoms with van der Waals surface area (Å²) < 4.78 is 0. The number of hydrogen-bond acceptors (Lipinski definition) is 5. The summed E-state index contributed by atoms with van der Waals surface area (Å²) in [4.78, 5) is 32.1. The van der Waals surface area contributed by atoms with Crippen molar-refractivity contribution in [2.24, 2.45) is 11.5 Å². The number of rotatable bonds is 6. The summed E-state index contributed by atoms with van der Waals surface area (Å²) in [5.74, 6) is -1.21. The van der Waals surface area contributed by atoms with Crippen molar-refractivity contribution in [3.05, 3.63) is 39.9 Å². The Hall–Kier alpha value is -2.48. The Kier molecular flexibility index (Phi) is 4.95. The Labute approximate surface area is 108 Å². The van der Waals surface area contributed by atoms with Crippen molar-refractivity contribution >= 4 is 17.5 Å². The number of carbonyl (C=O) groups excluding carboxylic acids is 2. The third-order valence-corrected chi connectivity index (χ3v) is 2.35. The summed E-state index contributed by atoms with van der Waals surface area (Å²) in [5.41, 5.74) is 10.9. The van der Waals surface area contributed by atoms with Crippen LogP contribution in [-0.2, 0) is 16.1 Å². The Morgan fingerprint density at radius 1 is 1.42 bits per heavy atom. The molecule has 0 radical (unpaired) electrons. The molecule has 2 amide bonds. The summed E-state index contributed by atoms with van der Waals surface area (Å²) in [6.45, 7) is 0.0903. The minimum absolute atomic E-state index is 0.0619. The van der Waals surface area contributed by atoms with Crippen molar-refractivity contribution in [1.29, 1.82) is 0 Å². The summed E-state index contributed by atoms with van der Waals surface area (Å²) in [5, 5.41) is 13.0. The smallest absolute Gasteiger partial charge is 0.269 e. The number of nitrogens with one attached hydrogen (secondary N) is 1. The average Bonchev–Trinajstić information content (AvgIpc) is 2.35. The van der Waals surface area contributed by atoms with Gasteiger partial charge in [-0.15, -0.1) is 0 Å². The fourth-order valence-electron chi connectivity index (χ4n) is 1.41. The largest absolute Gasteiger partial charge is 0.370 e. The predicted molar refractivity (Wildman–Crippen MR) is 66.7 cm³/mol. The van der Waals surface area contributed by atoms with Gasteiger partial charge in [0.15, 0.2) is 0 Å². The van der Waals surface area contributed by atoms with Crippen LogP contribution in [0.5, 0.6) is 0 Å². The minimum Gasteiger partial charge on any atom is -0.370 e. The van der Waals surface area contributed by atoms with Crippen LogP contribution in [0.2, 0.25) is 0 Å².